The first-order chi connectivity index (χ1) is 21.4. The van der Waals surface area contributed by atoms with Gasteiger partial charge in [0.25, 0.3) is 10.0 Å². The molecule has 1 N–H and O–H groups in total. The van der Waals surface area contributed by atoms with Gasteiger partial charge in [-0.05, 0) is 60.5 Å². The monoisotopic (exact) mass is 687 g/mol. The predicted octanol–water partition coefficient (Wildman–Crippen LogP) is 6.55. The number of nitrogens with zero attached hydrogens (tertiary/aromatic N) is 2. The van der Waals surface area contributed by atoms with Gasteiger partial charge in [-0.2, -0.15) is 0 Å². The molecule has 0 saturated carbocycles. The maximum Gasteiger partial charge on any atom is 0.264 e. The number of rotatable bonds is 12. The van der Waals surface area contributed by atoms with Crippen LogP contribution in [0.3, 0.4) is 0 Å². The molecule has 0 spiro atoms. The number of hydrogen-bond acceptors (Lipinski definition) is 5. The van der Waals surface area contributed by atoms with E-state index < -0.39 is 34.4 Å². The van der Waals surface area contributed by atoms with Gasteiger partial charge < -0.3 is 15.0 Å². The Morgan fingerprint density at radius 3 is 2.18 bits per heavy atom. The van der Waals surface area contributed by atoms with E-state index in [9.17, 15) is 18.0 Å². The van der Waals surface area contributed by atoms with Crippen LogP contribution in [0.1, 0.15) is 16.7 Å². The van der Waals surface area contributed by atoms with E-state index in [0.29, 0.717) is 10.6 Å². The molecule has 2 amide bonds. The number of sulfonamides is 1. The van der Waals surface area contributed by atoms with Crippen molar-refractivity contribution < 1.29 is 22.7 Å². The molecule has 8 nitrogen and oxygen atoms in total. The first-order valence-electron chi connectivity index (χ1n) is 13.9. The van der Waals surface area contributed by atoms with Crippen molar-refractivity contribution >= 4 is 62.3 Å². The van der Waals surface area contributed by atoms with Gasteiger partial charge in [-0.3, -0.25) is 13.9 Å². The number of aryl methyl sites for hydroxylation is 1. The van der Waals surface area contributed by atoms with Crippen LogP contribution >= 0.6 is 34.8 Å². The fourth-order valence-electron chi connectivity index (χ4n) is 4.76. The lowest BCUT2D eigenvalue weighted by molar-refractivity contribution is -0.139. The minimum atomic E-state index is -4.34. The molecule has 1 atom stereocenters. The van der Waals surface area contributed by atoms with Crippen LogP contribution in [0.4, 0.5) is 5.69 Å². The largest absolute Gasteiger partial charge is 0.495 e. The van der Waals surface area contributed by atoms with E-state index >= 15 is 0 Å². The smallest absolute Gasteiger partial charge is 0.264 e. The lowest BCUT2D eigenvalue weighted by atomic mass is 10.0. The molecule has 236 valence electrons. The molecule has 12 heteroatoms. The molecule has 45 heavy (non-hydrogen) atoms. The highest BCUT2D eigenvalue weighted by Crippen LogP contribution is 2.35. The molecule has 0 unspecified atom stereocenters. The van der Waals surface area contributed by atoms with Gasteiger partial charge >= 0.3 is 0 Å². The van der Waals surface area contributed by atoms with Crippen molar-refractivity contribution in [3.63, 3.8) is 0 Å². The van der Waals surface area contributed by atoms with E-state index in [1.807, 2.05) is 37.3 Å². The number of likely N-dealkylation sites (N-methyl/N-ethyl adjacent to an activating group) is 1. The van der Waals surface area contributed by atoms with E-state index in [1.165, 1.54) is 43.3 Å². The highest BCUT2D eigenvalue weighted by atomic mass is 35.5. The average molecular weight is 689 g/mol. The first-order valence-corrected chi connectivity index (χ1v) is 16.4. The third-order valence-electron chi connectivity index (χ3n) is 7.15. The Kier molecular flexibility index (Phi) is 11.4. The Morgan fingerprint density at radius 1 is 0.867 bits per heavy atom. The van der Waals surface area contributed by atoms with Gasteiger partial charge in [0.15, 0.2) is 0 Å². The van der Waals surface area contributed by atoms with Crippen molar-refractivity contribution in [2.45, 2.75) is 30.8 Å². The number of halogens is 3. The highest BCUT2D eigenvalue weighted by molar-refractivity contribution is 7.92. The topological polar surface area (TPSA) is 96.0 Å². The maximum atomic E-state index is 14.5. The summed E-state index contributed by atoms with van der Waals surface area (Å²) >= 11 is 18.8. The standard InChI is InChI=1S/C33H32Cl3N3O5S/c1-22-9-13-26(14-10-22)45(42,43)39(29-19-25(34)12-16-31(29)44-3)21-32(40)38(20-24-11-15-27(35)28(36)17-24)30(33(41)37-2)18-23-7-5-4-6-8-23/h4-17,19,30H,18,20-21H2,1-3H3,(H,37,41)/t30-/m0/s1. The Labute approximate surface area is 278 Å². The van der Waals surface area contributed by atoms with Gasteiger partial charge in [0.05, 0.1) is 27.7 Å². The molecule has 0 bridgehead atoms. The van der Waals surface area contributed by atoms with E-state index in [1.54, 1.807) is 36.4 Å². The molecule has 0 radical (unpaired) electrons. The Morgan fingerprint density at radius 2 is 1.56 bits per heavy atom. The maximum absolute atomic E-state index is 14.5. The number of anilines is 1. The average Bonchev–Trinajstić information content (AvgIpc) is 3.03. The molecule has 4 aromatic carbocycles. The van der Waals surface area contributed by atoms with Crippen LogP contribution in [0.5, 0.6) is 5.75 Å². The van der Waals surface area contributed by atoms with Crippen molar-refractivity contribution in [1.82, 2.24) is 10.2 Å². The quantitative estimate of drug-likeness (QED) is 0.182. The summed E-state index contributed by atoms with van der Waals surface area (Å²) in [4.78, 5) is 29.2. The lowest BCUT2D eigenvalue weighted by Crippen LogP contribution is -2.53. The molecule has 0 aliphatic heterocycles. The fourth-order valence-corrected chi connectivity index (χ4v) is 6.67. The SMILES string of the molecule is CNC(=O)[C@H](Cc1ccccc1)N(Cc1ccc(Cl)c(Cl)c1)C(=O)CN(c1cc(Cl)ccc1OC)S(=O)(=O)c1ccc(C)cc1. The van der Waals surface area contributed by atoms with Gasteiger partial charge in [0.2, 0.25) is 11.8 Å². The summed E-state index contributed by atoms with van der Waals surface area (Å²) in [6.45, 7) is 1.10. The Balaban J connectivity index is 1.85. The van der Waals surface area contributed by atoms with Crippen molar-refractivity contribution in [1.29, 1.82) is 0 Å². The molecule has 0 heterocycles. The van der Waals surface area contributed by atoms with Gasteiger partial charge in [-0.1, -0.05) is 88.9 Å². The third-order valence-corrected chi connectivity index (χ3v) is 9.90. The third kappa shape index (κ3) is 8.29. The molecular formula is C33H32Cl3N3O5S. The number of ether oxygens (including phenoxy) is 1. The number of carbonyl (C=O) groups excluding carboxylic acids is 2. The van der Waals surface area contributed by atoms with Crippen molar-refractivity contribution in [2.75, 3.05) is 25.0 Å². The zero-order valence-electron chi connectivity index (χ0n) is 24.8. The second-order valence-electron chi connectivity index (χ2n) is 10.2. The summed E-state index contributed by atoms with van der Waals surface area (Å²) in [6.07, 6.45) is 0.165. The second kappa shape index (κ2) is 15.0. The zero-order valence-corrected chi connectivity index (χ0v) is 27.9. The number of nitrogens with one attached hydrogen (secondary N) is 1. The lowest BCUT2D eigenvalue weighted by Gasteiger charge is -2.34. The first kappa shape index (κ1) is 34.1. The summed E-state index contributed by atoms with van der Waals surface area (Å²) < 4.78 is 34.9. The highest BCUT2D eigenvalue weighted by Gasteiger charge is 2.35. The second-order valence-corrected chi connectivity index (χ2v) is 13.3. The number of hydrogen-bond donors (Lipinski definition) is 1. The molecule has 0 aromatic heterocycles. The Hall–Kier alpha value is -3.76. The normalized spacial score (nSPS) is 11.9. The van der Waals surface area contributed by atoms with Crippen LogP contribution in [0.15, 0.2) is 95.9 Å². The van der Waals surface area contributed by atoms with Gasteiger partial charge in [-0.25, -0.2) is 8.42 Å². The summed E-state index contributed by atoms with van der Waals surface area (Å²) in [5, 5.41) is 3.49. The van der Waals surface area contributed by atoms with Crippen LogP contribution in [0, 0.1) is 6.92 Å². The molecule has 4 aromatic rings. The van der Waals surface area contributed by atoms with Crippen LogP contribution in [0.25, 0.3) is 0 Å². The zero-order chi connectivity index (χ0) is 32.7. The number of benzene rings is 4. The van der Waals surface area contributed by atoms with Crippen LogP contribution in [-0.2, 0) is 32.6 Å². The van der Waals surface area contributed by atoms with Gasteiger partial charge in [0.1, 0.15) is 18.3 Å². The molecule has 0 aliphatic carbocycles. The van der Waals surface area contributed by atoms with E-state index in [0.717, 1.165) is 15.4 Å². The van der Waals surface area contributed by atoms with Crippen molar-refractivity contribution in [3.8, 4) is 5.75 Å². The molecule has 0 fully saturated rings. The summed E-state index contributed by atoms with van der Waals surface area (Å²) in [5.41, 5.74) is 2.32. The number of methoxy groups -OCH3 is 1. The fraction of sp³-hybridized carbons (Fsp3) is 0.212. The van der Waals surface area contributed by atoms with Crippen molar-refractivity contribution in [2.24, 2.45) is 0 Å². The molecule has 4 rings (SSSR count). The van der Waals surface area contributed by atoms with E-state index in [2.05, 4.69) is 5.32 Å². The minimum Gasteiger partial charge on any atom is -0.495 e. The summed E-state index contributed by atoms with van der Waals surface area (Å²) in [6, 6.07) is 23.9. The number of amides is 2. The van der Waals surface area contributed by atoms with Crippen LogP contribution in [-0.4, -0.2) is 51.9 Å². The minimum absolute atomic E-state index is 0.0360. The molecule has 0 aliphatic rings. The van der Waals surface area contributed by atoms with Crippen LogP contribution in [0.2, 0.25) is 15.1 Å². The van der Waals surface area contributed by atoms with Crippen molar-refractivity contribution in [3.05, 3.63) is 123 Å². The van der Waals surface area contributed by atoms with Gasteiger partial charge in [0, 0.05) is 25.0 Å². The summed E-state index contributed by atoms with van der Waals surface area (Å²) in [7, 11) is -1.46. The van der Waals surface area contributed by atoms with Gasteiger partial charge in [-0.15, -0.1) is 0 Å². The molecule has 0 saturated heterocycles. The Bertz CT molecular complexity index is 1770. The summed E-state index contributed by atoms with van der Waals surface area (Å²) in [5.74, 6) is -0.894. The number of carbonyl (C=O) groups is 2. The van der Waals surface area contributed by atoms with E-state index in [-0.39, 0.29) is 39.3 Å². The molecular weight excluding hydrogens is 657 g/mol. The van der Waals surface area contributed by atoms with E-state index in [4.69, 9.17) is 39.5 Å². The van der Waals surface area contributed by atoms with Crippen LogP contribution < -0.4 is 14.4 Å². The predicted molar refractivity (Wildman–Crippen MR) is 179 cm³/mol.